The maximum Gasteiger partial charge on any atom is 0.408 e. The van der Waals surface area contributed by atoms with E-state index in [1.54, 1.807) is 24.3 Å². The maximum absolute atomic E-state index is 15.9. The van der Waals surface area contributed by atoms with E-state index in [0.717, 1.165) is 0 Å². The lowest BCUT2D eigenvalue weighted by Crippen LogP contribution is -2.49. The van der Waals surface area contributed by atoms with Crippen LogP contribution >= 0.6 is 23.2 Å². The Balaban J connectivity index is 1.60. The Kier molecular flexibility index (Phi) is 4.67. The Bertz CT molecular complexity index is 973. The number of fused-ring (bicyclic) bond motifs is 2. The smallest absolute Gasteiger partial charge is 0.408 e. The summed E-state index contributed by atoms with van der Waals surface area (Å²) in [6.45, 7) is 0.242. The van der Waals surface area contributed by atoms with Crippen LogP contribution in [0.5, 0.6) is 0 Å². The van der Waals surface area contributed by atoms with Gasteiger partial charge in [-0.1, -0.05) is 35.3 Å². The second kappa shape index (κ2) is 6.90. The summed E-state index contributed by atoms with van der Waals surface area (Å²) in [6, 6.07) is 7.93. The van der Waals surface area contributed by atoms with Gasteiger partial charge < -0.3 is 15.4 Å². The molecular formula is C19H16Cl2FN3O3. The van der Waals surface area contributed by atoms with Crippen molar-refractivity contribution in [2.45, 2.75) is 30.7 Å². The molecule has 2 amide bonds. The molecule has 0 bridgehead atoms. The Hall–Kier alpha value is -2.38. The van der Waals surface area contributed by atoms with E-state index in [-0.39, 0.29) is 37.2 Å². The number of aromatic nitrogens is 1. The number of hydrogen-bond acceptors (Lipinski definition) is 4. The third-order valence-electron chi connectivity index (χ3n) is 5.16. The number of ether oxygens (including phenoxy) is 1. The third-order valence-corrected chi connectivity index (χ3v) is 5.75. The first-order chi connectivity index (χ1) is 13.3. The standard InChI is InChI=1S/C19H16Cl2FN3O3/c20-12-4-3-11(14(21)8-12)9-24-16(26)19(22)6-5-18(10-25-17(27)28-18)15-13(19)2-1-7-23-15/h1-4,7-8H,5-6,9-10H2,(H,24,26)(H,25,27). The van der Waals surface area contributed by atoms with Crippen LogP contribution in [0.25, 0.3) is 0 Å². The number of halogens is 3. The van der Waals surface area contributed by atoms with Gasteiger partial charge in [0.1, 0.15) is 0 Å². The molecule has 1 spiro atoms. The van der Waals surface area contributed by atoms with Gasteiger partial charge in [-0.15, -0.1) is 0 Å². The van der Waals surface area contributed by atoms with Crippen LogP contribution < -0.4 is 10.6 Å². The molecule has 0 saturated carbocycles. The van der Waals surface area contributed by atoms with E-state index in [9.17, 15) is 9.59 Å². The van der Waals surface area contributed by atoms with Gasteiger partial charge in [0, 0.05) is 28.4 Å². The number of nitrogens with zero attached hydrogens (tertiary/aromatic N) is 1. The zero-order valence-electron chi connectivity index (χ0n) is 14.6. The number of hydrogen-bond donors (Lipinski definition) is 2. The SMILES string of the molecule is O=C1NCC2(CCC(F)(C(=O)NCc3ccc(Cl)cc3Cl)c3cccnc32)O1. The monoisotopic (exact) mass is 423 g/mol. The number of benzene rings is 1. The van der Waals surface area contributed by atoms with E-state index in [1.165, 1.54) is 12.3 Å². The maximum atomic E-state index is 15.9. The summed E-state index contributed by atoms with van der Waals surface area (Å²) in [5.41, 5.74) is -2.35. The Morgan fingerprint density at radius 2 is 2.14 bits per heavy atom. The molecule has 1 aromatic carbocycles. The highest BCUT2D eigenvalue weighted by Crippen LogP contribution is 2.48. The fourth-order valence-electron chi connectivity index (χ4n) is 3.67. The van der Waals surface area contributed by atoms with E-state index in [4.69, 9.17) is 27.9 Å². The van der Waals surface area contributed by atoms with Crippen LogP contribution in [-0.2, 0) is 27.3 Å². The summed E-state index contributed by atoms with van der Waals surface area (Å²) >= 11 is 12.0. The predicted octanol–water partition coefficient (Wildman–Crippen LogP) is 3.60. The van der Waals surface area contributed by atoms with Gasteiger partial charge in [-0.05, 0) is 36.6 Å². The quantitative estimate of drug-likeness (QED) is 0.789. The largest absolute Gasteiger partial charge is 0.434 e. The molecule has 2 heterocycles. The van der Waals surface area contributed by atoms with Gasteiger partial charge in [0.15, 0.2) is 5.60 Å². The number of alkyl carbamates (subject to hydrolysis) is 1. The van der Waals surface area contributed by atoms with Crippen LogP contribution in [0, 0.1) is 0 Å². The number of rotatable bonds is 3. The summed E-state index contributed by atoms with van der Waals surface area (Å²) < 4.78 is 21.3. The summed E-state index contributed by atoms with van der Waals surface area (Å²) in [6.07, 6.45) is 0.913. The molecule has 6 nitrogen and oxygen atoms in total. The van der Waals surface area contributed by atoms with Gasteiger partial charge in [0.05, 0.1) is 12.2 Å². The molecule has 0 radical (unpaired) electrons. The van der Waals surface area contributed by atoms with Crippen molar-refractivity contribution < 1.29 is 18.7 Å². The molecule has 1 aromatic heterocycles. The van der Waals surface area contributed by atoms with Gasteiger partial charge in [0.25, 0.3) is 5.91 Å². The Morgan fingerprint density at radius 1 is 1.32 bits per heavy atom. The first kappa shape index (κ1) is 19.0. The predicted molar refractivity (Wildman–Crippen MR) is 101 cm³/mol. The van der Waals surface area contributed by atoms with Crippen molar-refractivity contribution in [1.82, 2.24) is 15.6 Å². The fourth-order valence-corrected chi connectivity index (χ4v) is 4.14. The molecule has 4 rings (SSSR count). The van der Waals surface area contributed by atoms with Crippen LogP contribution in [0.3, 0.4) is 0 Å². The van der Waals surface area contributed by atoms with E-state index < -0.39 is 23.3 Å². The molecule has 2 unspecified atom stereocenters. The Morgan fingerprint density at radius 3 is 2.86 bits per heavy atom. The average molecular weight is 424 g/mol. The zero-order valence-corrected chi connectivity index (χ0v) is 16.1. The van der Waals surface area contributed by atoms with Crippen molar-refractivity contribution in [2.24, 2.45) is 0 Å². The molecule has 2 aliphatic rings. The van der Waals surface area contributed by atoms with Crippen LogP contribution in [0.4, 0.5) is 9.18 Å². The van der Waals surface area contributed by atoms with Crippen molar-refractivity contribution in [2.75, 3.05) is 6.54 Å². The topological polar surface area (TPSA) is 80.3 Å². The van der Waals surface area contributed by atoms with E-state index >= 15 is 4.39 Å². The highest BCUT2D eigenvalue weighted by molar-refractivity contribution is 6.35. The van der Waals surface area contributed by atoms with E-state index in [0.29, 0.717) is 15.6 Å². The molecule has 146 valence electrons. The summed E-state index contributed by atoms with van der Waals surface area (Å²) in [4.78, 5) is 28.6. The number of nitrogens with one attached hydrogen (secondary N) is 2. The lowest BCUT2D eigenvalue weighted by Gasteiger charge is -2.38. The van der Waals surface area contributed by atoms with Crippen LogP contribution in [-0.4, -0.2) is 23.5 Å². The van der Waals surface area contributed by atoms with Gasteiger partial charge in [-0.2, -0.15) is 0 Å². The van der Waals surface area contributed by atoms with Crippen LogP contribution in [0.2, 0.25) is 10.0 Å². The molecular weight excluding hydrogens is 408 g/mol. The number of alkyl halides is 1. The number of carbonyl (C=O) groups is 2. The third kappa shape index (κ3) is 3.08. The number of pyridine rings is 1. The van der Waals surface area contributed by atoms with Crippen molar-refractivity contribution in [3.8, 4) is 0 Å². The fraction of sp³-hybridized carbons (Fsp3) is 0.316. The minimum atomic E-state index is -2.29. The van der Waals surface area contributed by atoms with Crippen molar-refractivity contribution >= 4 is 35.2 Å². The summed E-state index contributed by atoms with van der Waals surface area (Å²) in [5, 5.41) is 6.05. The highest BCUT2D eigenvalue weighted by Gasteiger charge is 2.56. The molecule has 1 fully saturated rings. The minimum absolute atomic E-state index is 0.0534. The van der Waals surface area contributed by atoms with Crippen molar-refractivity contribution in [3.63, 3.8) is 0 Å². The minimum Gasteiger partial charge on any atom is -0.434 e. The van der Waals surface area contributed by atoms with Gasteiger partial charge in [0.2, 0.25) is 5.67 Å². The van der Waals surface area contributed by atoms with Crippen molar-refractivity contribution in [1.29, 1.82) is 0 Å². The van der Waals surface area contributed by atoms with Gasteiger partial charge >= 0.3 is 6.09 Å². The zero-order chi connectivity index (χ0) is 19.9. The molecule has 1 aliphatic carbocycles. The summed E-state index contributed by atoms with van der Waals surface area (Å²) in [7, 11) is 0. The Labute approximate surface area is 170 Å². The van der Waals surface area contributed by atoms with E-state index in [2.05, 4.69) is 15.6 Å². The van der Waals surface area contributed by atoms with Crippen LogP contribution in [0.15, 0.2) is 36.5 Å². The summed E-state index contributed by atoms with van der Waals surface area (Å²) in [5.74, 6) is -0.792. The second-order valence-electron chi connectivity index (χ2n) is 6.86. The number of amides is 2. The average Bonchev–Trinajstić information content (AvgIpc) is 3.06. The molecule has 9 heteroatoms. The second-order valence-corrected chi connectivity index (χ2v) is 7.70. The van der Waals surface area contributed by atoms with E-state index in [1.807, 2.05) is 0 Å². The molecule has 2 aromatic rings. The lowest BCUT2D eigenvalue weighted by atomic mass is 9.74. The molecule has 1 aliphatic heterocycles. The first-order valence-corrected chi connectivity index (χ1v) is 9.44. The van der Waals surface area contributed by atoms with Gasteiger partial charge in [-0.3, -0.25) is 9.78 Å². The molecule has 2 N–H and O–H groups in total. The number of carbonyl (C=O) groups excluding carboxylic acids is 2. The molecule has 28 heavy (non-hydrogen) atoms. The highest BCUT2D eigenvalue weighted by atomic mass is 35.5. The van der Waals surface area contributed by atoms with Gasteiger partial charge in [-0.25, -0.2) is 9.18 Å². The normalized spacial score (nSPS) is 25.8. The molecule has 2 atom stereocenters. The van der Waals surface area contributed by atoms with Crippen LogP contribution in [0.1, 0.15) is 29.7 Å². The lowest BCUT2D eigenvalue weighted by molar-refractivity contribution is -0.136. The van der Waals surface area contributed by atoms with Crippen molar-refractivity contribution in [3.05, 3.63) is 63.4 Å². The molecule has 1 saturated heterocycles. The first-order valence-electron chi connectivity index (χ1n) is 8.68.